The average Bonchev–Trinajstić information content (AvgIpc) is 3.41. The van der Waals surface area contributed by atoms with Gasteiger partial charge in [0, 0.05) is 42.8 Å². The van der Waals surface area contributed by atoms with Crippen LogP contribution in [0.2, 0.25) is 0 Å². The van der Waals surface area contributed by atoms with Gasteiger partial charge in [0.25, 0.3) is 0 Å². The zero-order valence-corrected chi connectivity index (χ0v) is 18.0. The fraction of sp³-hybridized carbons (Fsp3) is 0.292. The van der Waals surface area contributed by atoms with Crippen molar-refractivity contribution >= 4 is 11.8 Å². The van der Waals surface area contributed by atoms with Crippen LogP contribution in [0, 0.1) is 5.82 Å². The number of piperidine rings is 1. The first-order valence-electron chi connectivity index (χ1n) is 10.9. The molecule has 5 rings (SSSR count). The monoisotopic (exact) mass is 432 g/mol. The maximum atomic E-state index is 13.5. The van der Waals surface area contributed by atoms with E-state index in [1.807, 2.05) is 10.5 Å². The summed E-state index contributed by atoms with van der Waals surface area (Å²) in [6, 6.07) is 8.42. The van der Waals surface area contributed by atoms with Crippen molar-refractivity contribution in [2.24, 2.45) is 0 Å². The van der Waals surface area contributed by atoms with Crippen molar-refractivity contribution in [3.8, 4) is 22.6 Å². The first-order chi connectivity index (χ1) is 15.6. The molecule has 1 aliphatic rings. The Morgan fingerprint density at radius 3 is 2.72 bits per heavy atom. The molecule has 0 aliphatic carbocycles. The molecule has 7 nitrogen and oxygen atoms in total. The molecular weight excluding hydrogens is 407 g/mol. The Labute approximate surface area is 185 Å². The van der Waals surface area contributed by atoms with Gasteiger partial charge in [0.1, 0.15) is 23.5 Å². The van der Waals surface area contributed by atoms with E-state index in [1.165, 1.54) is 17.8 Å². The van der Waals surface area contributed by atoms with E-state index in [9.17, 15) is 4.39 Å². The van der Waals surface area contributed by atoms with Gasteiger partial charge in [-0.05, 0) is 49.6 Å². The Balaban J connectivity index is 1.43. The fourth-order valence-corrected chi connectivity index (χ4v) is 4.15. The maximum Gasteiger partial charge on any atom is 0.306 e. The Kier molecular flexibility index (Phi) is 5.34. The number of benzene rings is 1. The number of allylic oxidation sites excluding steroid dienone is 1. The number of hydrogen-bond acceptors (Lipinski definition) is 6. The van der Waals surface area contributed by atoms with Crippen LogP contribution in [0.4, 0.5) is 10.3 Å². The van der Waals surface area contributed by atoms with Crippen LogP contribution < -0.4 is 5.32 Å². The zero-order chi connectivity index (χ0) is 22.1. The number of anilines is 1. The Bertz CT molecular complexity index is 1240. The summed E-state index contributed by atoms with van der Waals surface area (Å²) in [5, 5.41) is 3.49. The molecular formula is C24H25FN6O. The van der Waals surface area contributed by atoms with E-state index in [0.717, 1.165) is 43.6 Å². The van der Waals surface area contributed by atoms with Crippen LogP contribution in [0.15, 0.2) is 65.7 Å². The summed E-state index contributed by atoms with van der Waals surface area (Å²) in [6.07, 6.45) is 8.12. The first kappa shape index (κ1) is 20.2. The van der Waals surface area contributed by atoms with Crippen molar-refractivity contribution in [1.29, 1.82) is 0 Å². The second-order valence-electron chi connectivity index (χ2n) is 7.96. The molecule has 1 saturated heterocycles. The second-order valence-corrected chi connectivity index (χ2v) is 7.96. The molecule has 0 spiro atoms. The molecule has 1 aliphatic heterocycles. The van der Waals surface area contributed by atoms with Gasteiger partial charge in [-0.1, -0.05) is 13.5 Å². The smallest absolute Gasteiger partial charge is 0.306 e. The predicted molar refractivity (Wildman–Crippen MR) is 122 cm³/mol. The molecule has 0 bridgehead atoms. The number of aromatic nitrogens is 4. The van der Waals surface area contributed by atoms with E-state index in [2.05, 4.69) is 33.7 Å². The molecule has 164 valence electrons. The third-order valence-corrected chi connectivity index (χ3v) is 5.96. The number of hydrogen-bond donors (Lipinski definition) is 1. The molecule has 4 aromatic rings. The molecule has 1 aromatic carbocycles. The third-order valence-electron chi connectivity index (χ3n) is 5.96. The molecule has 0 amide bonds. The topological polar surface area (TPSA) is 71.5 Å². The number of imidazole rings is 1. The normalized spacial score (nSPS) is 14.8. The number of nitrogens with zero attached hydrogens (tertiary/aromatic N) is 5. The van der Waals surface area contributed by atoms with Gasteiger partial charge in [0.2, 0.25) is 5.95 Å². The number of fused-ring (bicyclic) bond motifs is 1. The summed E-state index contributed by atoms with van der Waals surface area (Å²) in [6.45, 7) is 8.25. The average molecular weight is 433 g/mol. The molecule has 0 unspecified atom stereocenters. The highest BCUT2D eigenvalue weighted by Gasteiger charge is 2.22. The lowest BCUT2D eigenvalue weighted by molar-refractivity contribution is 0.266. The number of likely N-dealkylation sites (tertiary alicyclic amines) is 1. The molecule has 0 atom stereocenters. The van der Waals surface area contributed by atoms with E-state index in [4.69, 9.17) is 9.40 Å². The summed E-state index contributed by atoms with van der Waals surface area (Å²) in [7, 11) is 0. The van der Waals surface area contributed by atoms with E-state index in [0.29, 0.717) is 29.2 Å². The minimum atomic E-state index is -0.291. The van der Waals surface area contributed by atoms with Crippen molar-refractivity contribution in [1.82, 2.24) is 24.3 Å². The fourth-order valence-electron chi connectivity index (χ4n) is 4.15. The van der Waals surface area contributed by atoms with Gasteiger partial charge in [-0.2, -0.15) is 4.98 Å². The van der Waals surface area contributed by atoms with Gasteiger partial charge >= 0.3 is 5.84 Å². The quantitative estimate of drug-likeness (QED) is 0.463. The summed E-state index contributed by atoms with van der Waals surface area (Å²) in [4.78, 5) is 16.2. The number of oxazole rings is 1. The highest BCUT2D eigenvalue weighted by Crippen LogP contribution is 2.32. The molecule has 0 saturated carbocycles. The highest BCUT2D eigenvalue weighted by atomic mass is 19.1. The van der Waals surface area contributed by atoms with E-state index >= 15 is 0 Å². The lowest BCUT2D eigenvalue weighted by Crippen LogP contribution is -2.38. The van der Waals surface area contributed by atoms with E-state index < -0.39 is 0 Å². The van der Waals surface area contributed by atoms with Crippen molar-refractivity contribution < 1.29 is 8.81 Å². The van der Waals surface area contributed by atoms with Crippen LogP contribution in [0.3, 0.4) is 0 Å². The number of nitrogens with one attached hydrogen (secondary N) is 1. The molecule has 1 fully saturated rings. The second kappa shape index (κ2) is 8.45. The van der Waals surface area contributed by atoms with Crippen molar-refractivity contribution in [2.75, 3.05) is 18.4 Å². The zero-order valence-electron chi connectivity index (χ0n) is 18.0. The summed E-state index contributed by atoms with van der Waals surface area (Å²) < 4.78 is 20.8. The molecule has 1 N–H and O–H groups in total. The first-order valence-corrected chi connectivity index (χ1v) is 10.9. The van der Waals surface area contributed by atoms with Crippen molar-refractivity contribution in [3.63, 3.8) is 0 Å². The highest BCUT2D eigenvalue weighted by molar-refractivity contribution is 5.79. The summed E-state index contributed by atoms with van der Waals surface area (Å²) in [5.74, 6) is 0.745. The van der Waals surface area contributed by atoms with Gasteiger partial charge in [0.15, 0.2) is 0 Å². The minimum Gasteiger partial charge on any atom is -0.432 e. The van der Waals surface area contributed by atoms with Crippen LogP contribution in [-0.2, 0) is 0 Å². The molecule has 0 radical (unpaired) electrons. The van der Waals surface area contributed by atoms with E-state index in [-0.39, 0.29) is 5.82 Å². The lowest BCUT2D eigenvalue weighted by atomic mass is 10.0. The number of rotatable bonds is 6. The maximum absolute atomic E-state index is 13.5. The molecule has 8 heteroatoms. The minimum absolute atomic E-state index is 0.291. The van der Waals surface area contributed by atoms with Crippen molar-refractivity contribution in [2.45, 2.75) is 32.2 Å². The number of halogens is 1. The largest absolute Gasteiger partial charge is 0.432 e. The Morgan fingerprint density at radius 1 is 1.19 bits per heavy atom. The van der Waals surface area contributed by atoms with Crippen LogP contribution >= 0.6 is 0 Å². The SMILES string of the molecule is C=C(CC)N1CCC(Nc2nccc(-c3c(-c4ccc(F)cc4)nc4occn34)n2)CC1. The Hall–Kier alpha value is -3.68. The van der Waals surface area contributed by atoms with Gasteiger partial charge in [-0.15, -0.1) is 0 Å². The van der Waals surface area contributed by atoms with Crippen molar-refractivity contribution in [3.05, 3.63) is 67.1 Å². The predicted octanol–water partition coefficient (Wildman–Crippen LogP) is 4.99. The van der Waals surface area contributed by atoms with Gasteiger partial charge in [0.05, 0.1) is 5.69 Å². The molecule has 4 heterocycles. The van der Waals surface area contributed by atoms with Crippen LogP contribution in [0.25, 0.3) is 28.5 Å². The van der Waals surface area contributed by atoms with Crippen LogP contribution in [0.5, 0.6) is 0 Å². The van der Waals surface area contributed by atoms with Gasteiger partial charge < -0.3 is 14.6 Å². The molecule has 3 aromatic heterocycles. The van der Waals surface area contributed by atoms with E-state index in [1.54, 1.807) is 30.8 Å². The lowest BCUT2D eigenvalue weighted by Gasteiger charge is -2.34. The van der Waals surface area contributed by atoms with Crippen LogP contribution in [0.1, 0.15) is 26.2 Å². The summed E-state index contributed by atoms with van der Waals surface area (Å²) in [5.41, 5.74) is 4.16. The molecule has 32 heavy (non-hydrogen) atoms. The standard InChI is InChI=1S/C24H25FN6O/c1-3-16(2)30-12-9-19(10-13-30)27-23-26-11-8-20(28-23)22-21(17-4-6-18(25)7-5-17)29-24-31(22)14-15-32-24/h4-8,11,14-15,19H,2-3,9-10,12-13H2,1H3,(H,26,27,28). The Morgan fingerprint density at radius 2 is 1.97 bits per heavy atom. The van der Waals surface area contributed by atoms with Crippen LogP contribution in [-0.4, -0.2) is 43.4 Å². The third kappa shape index (κ3) is 3.84. The van der Waals surface area contributed by atoms with Gasteiger partial charge in [-0.3, -0.25) is 4.40 Å². The van der Waals surface area contributed by atoms with Gasteiger partial charge in [-0.25, -0.2) is 14.4 Å². The summed E-state index contributed by atoms with van der Waals surface area (Å²) >= 11 is 0.